The summed E-state index contributed by atoms with van der Waals surface area (Å²) in [6.07, 6.45) is 1.49. The molecule has 3 N–H and O–H groups in total. The number of aliphatic hydroxyl groups is 1. The molecule has 4 rings (SSSR count). The summed E-state index contributed by atoms with van der Waals surface area (Å²) in [6, 6.07) is 2.57. The highest BCUT2D eigenvalue weighted by Gasteiger charge is 2.37. The number of benzene rings is 2. The third-order valence-electron chi connectivity index (χ3n) is 5.87. The first-order valence-electron chi connectivity index (χ1n) is 10.8. The second kappa shape index (κ2) is 8.43. The number of hydrogen-bond donors (Lipinski definition) is 3. The Balaban J connectivity index is 2.08. The maximum Gasteiger partial charge on any atom is 0.446 e. The molecule has 0 aliphatic carbocycles. The van der Waals surface area contributed by atoms with Crippen molar-refractivity contribution < 1.29 is 41.3 Å². The van der Waals surface area contributed by atoms with Gasteiger partial charge in [-0.15, -0.1) is 0 Å². The van der Waals surface area contributed by atoms with Crippen molar-refractivity contribution in [3.63, 3.8) is 0 Å². The summed E-state index contributed by atoms with van der Waals surface area (Å²) in [6.45, 7) is 6.85. The van der Waals surface area contributed by atoms with Crippen LogP contribution in [-0.4, -0.2) is 42.0 Å². The molecule has 188 valence electrons. The van der Waals surface area contributed by atoms with Crippen LogP contribution in [0.3, 0.4) is 0 Å². The molecule has 0 radical (unpaired) electrons. The summed E-state index contributed by atoms with van der Waals surface area (Å²) < 4.78 is 53.9. The Kier molecular flexibility index (Phi) is 5.98. The van der Waals surface area contributed by atoms with Gasteiger partial charge in [-0.05, 0) is 34.1 Å². The smallest absolute Gasteiger partial charge is 0.446 e. The molecule has 0 fully saturated rings. The van der Waals surface area contributed by atoms with Gasteiger partial charge < -0.3 is 28.3 Å². The second-order valence-electron chi connectivity index (χ2n) is 9.23. The van der Waals surface area contributed by atoms with Crippen molar-refractivity contribution in [1.29, 1.82) is 0 Å². The van der Waals surface area contributed by atoms with E-state index in [4.69, 9.17) is 18.1 Å². The lowest BCUT2D eigenvalue weighted by atomic mass is 9.95. The van der Waals surface area contributed by atoms with Crippen LogP contribution in [0.1, 0.15) is 38.8 Å². The minimum Gasteiger partial charge on any atom is -0.507 e. The molecule has 0 bridgehead atoms. The molecule has 11 heteroatoms. The lowest BCUT2D eigenvalue weighted by Crippen LogP contribution is -2.39. The van der Waals surface area contributed by atoms with Crippen LogP contribution in [0.2, 0.25) is 0 Å². The van der Waals surface area contributed by atoms with Crippen LogP contribution in [0.4, 0.5) is 0 Å². The molecule has 1 unspecified atom stereocenters. The fourth-order valence-corrected chi connectivity index (χ4v) is 4.53. The molecule has 2 aromatic carbocycles. The van der Waals surface area contributed by atoms with E-state index in [0.29, 0.717) is 5.56 Å². The predicted octanol–water partition coefficient (Wildman–Crippen LogP) is 3.43. The highest BCUT2D eigenvalue weighted by molar-refractivity contribution is 7.81. The Labute approximate surface area is 201 Å². The normalized spacial score (nSPS) is 15.7. The summed E-state index contributed by atoms with van der Waals surface area (Å²) >= 11 is 0. The standard InChI is InChI=1S/C24H26O10S/c1-11(2)6-7-12-19-15(10-17(23(12)31-5)34-35(28,29)30)32-16-9-14-13(21(25)20(16)22(19)26)8-18(33-14)24(3,4)27/h6,9-10,18,25,27H,7-8H2,1-5H3,(H,28,29,30). The van der Waals surface area contributed by atoms with Crippen LogP contribution >= 0.6 is 0 Å². The first-order valence-corrected chi connectivity index (χ1v) is 12.1. The lowest BCUT2D eigenvalue weighted by Gasteiger charge is -2.24. The average Bonchev–Trinajstić information content (AvgIpc) is 3.15. The van der Waals surface area contributed by atoms with Crippen molar-refractivity contribution in [2.45, 2.75) is 52.2 Å². The van der Waals surface area contributed by atoms with Crippen molar-refractivity contribution in [3.8, 4) is 23.0 Å². The van der Waals surface area contributed by atoms with E-state index < -0.39 is 27.5 Å². The third-order valence-corrected chi connectivity index (χ3v) is 6.26. The van der Waals surface area contributed by atoms with Gasteiger partial charge in [-0.1, -0.05) is 11.6 Å². The Morgan fingerprint density at radius 3 is 2.46 bits per heavy atom. The Morgan fingerprint density at radius 1 is 1.23 bits per heavy atom. The number of phenols is 1. The van der Waals surface area contributed by atoms with Gasteiger partial charge in [-0.25, -0.2) is 0 Å². The summed E-state index contributed by atoms with van der Waals surface area (Å²) in [4.78, 5) is 13.7. The second-order valence-corrected chi connectivity index (χ2v) is 10.2. The van der Waals surface area contributed by atoms with E-state index in [1.807, 2.05) is 13.8 Å². The van der Waals surface area contributed by atoms with Gasteiger partial charge in [0.15, 0.2) is 11.5 Å². The molecule has 3 aromatic rings. The molecule has 0 spiro atoms. The number of allylic oxidation sites excluding steroid dienone is 2. The Hall–Kier alpha value is -3.28. The molecule has 35 heavy (non-hydrogen) atoms. The summed E-state index contributed by atoms with van der Waals surface area (Å²) in [5, 5.41) is 21.4. The van der Waals surface area contributed by atoms with Gasteiger partial charge in [-0.2, -0.15) is 8.42 Å². The number of rotatable bonds is 6. The molecule has 10 nitrogen and oxygen atoms in total. The first-order chi connectivity index (χ1) is 16.2. The zero-order valence-corrected chi connectivity index (χ0v) is 20.6. The average molecular weight is 507 g/mol. The van der Waals surface area contributed by atoms with Crippen molar-refractivity contribution in [1.82, 2.24) is 0 Å². The van der Waals surface area contributed by atoms with E-state index in [0.717, 1.165) is 11.6 Å². The third kappa shape index (κ3) is 4.54. The zero-order valence-electron chi connectivity index (χ0n) is 19.8. The first kappa shape index (κ1) is 24.8. The number of methoxy groups -OCH3 is 1. The SMILES string of the molecule is COc1c(OS(=O)(=O)O)cc2oc3cc4c(c(O)c3c(=O)c2c1CC=C(C)C)CC(C(C)(C)O)O4. The fourth-order valence-electron chi connectivity index (χ4n) is 4.18. The number of fused-ring (bicyclic) bond motifs is 3. The molecule has 1 atom stereocenters. The highest BCUT2D eigenvalue weighted by Crippen LogP contribution is 2.44. The lowest BCUT2D eigenvalue weighted by molar-refractivity contribution is -0.0229. The molecule has 0 saturated heterocycles. The monoisotopic (exact) mass is 506 g/mol. The molecule has 0 saturated carbocycles. The number of aromatic hydroxyl groups is 1. The number of phenolic OH excluding ortho intramolecular Hbond substituents is 1. The molecular weight excluding hydrogens is 480 g/mol. The minimum atomic E-state index is -4.91. The molecular formula is C24H26O10S. The van der Waals surface area contributed by atoms with Crippen molar-refractivity contribution in [3.05, 3.63) is 45.1 Å². The van der Waals surface area contributed by atoms with Crippen LogP contribution in [0.25, 0.3) is 21.9 Å². The predicted molar refractivity (Wildman–Crippen MR) is 128 cm³/mol. The number of ether oxygens (including phenoxy) is 2. The van der Waals surface area contributed by atoms with Crippen LogP contribution in [0.15, 0.2) is 33.0 Å². The molecule has 1 aliphatic rings. The van der Waals surface area contributed by atoms with Gasteiger partial charge in [0, 0.05) is 29.7 Å². The van der Waals surface area contributed by atoms with Gasteiger partial charge in [0.2, 0.25) is 5.43 Å². The topological polar surface area (TPSA) is 153 Å². The van der Waals surface area contributed by atoms with Crippen LogP contribution in [0.5, 0.6) is 23.0 Å². The Morgan fingerprint density at radius 2 is 1.89 bits per heavy atom. The highest BCUT2D eigenvalue weighted by atomic mass is 32.3. The molecule has 0 amide bonds. The van der Waals surface area contributed by atoms with E-state index in [1.54, 1.807) is 19.9 Å². The Bertz CT molecular complexity index is 1540. The van der Waals surface area contributed by atoms with Crippen molar-refractivity contribution in [2.24, 2.45) is 0 Å². The van der Waals surface area contributed by atoms with Crippen molar-refractivity contribution in [2.75, 3.05) is 7.11 Å². The van der Waals surface area contributed by atoms with E-state index in [2.05, 4.69) is 0 Å². The van der Waals surface area contributed by atoms with E-state index in [1.165, 1.54) is 13.2 Å². The van der Waals surface area contributed by atoms with Crippen LogP contribution in [0, 0.1) is 0 Å². The minimum absolute atomic E-state index is 0.00807. The fraction of sp³-hybridized carbons (Fsp3) is 0.375. The van der Waals surface area contributed by atoms with E-state index in [-0.39, 0.29) is 63.3 Å². The molecule has 1 aromatic heterocycles. The largest absolute Gasteiger partial charge is 0.507 e. The summed E-state index contributed by atoms with van der Waals surface area (Å²) in [7, 11) is -3.64. The van der Waals surface area contributed by atoms with Crippen LogP contribution in [-0.2, 0) is 23.2 Å². The zero-order chi connectivity index (χ0) is 25.9. The summed E-state index contributed by atoms with van der Waals surface area (Å²) in [5.41, 5.74) is -0.274. The molecule has 1 aliphatic heterocycles. The van der Waals surface area contributed by atoms with Gasteiger partial charge in [-0.3, -0.25) is 9.35 Å². The summed E-state index contributed by atoms with van der Waals surface area (Å²) in [5.74, 6) is -0.501. The van der Waals surface area contributed by atoms with E-state index >= 15 is 0 Å². The van der Waals surface area contributed by atoms with E-state index in [9.17, 15) is 28.0 Å². The number of hydrogen-bond acceptors (Lipinski definition) is 9. The van der Waals surface area contributed by atoms with Gasteiger partial charge in [0.1, 0.15) is 34.2 Å². The molecule has 2 heterocycles. The van der Waals surface area contributed by atoms with Crippen molar-refractivity contribution >= 4 is 32.3 Å². The van der Waals surface area contributed by atoms with Crippen LogP contribution < -0.4 is 19.1 Å². The quantitative estimate of drug-likeness (QED) is 0.257. The maximum atomic E-state index is 13.7. The van der Waals surface area contributed by atoms with Gasteiger partial charge >= 0.3 is 10.4 Å². The van der Waals surface area contributed by atoms with Gasteiger partial charge in [0.05, 0.1) is 18.1 Å². The van der Waals surface area contributed by atoms with Gasteiger partial charge in [0.25, 0.3) is 0 Å². The maximum absolute atomic E-state index is 13.7.